The van der Waals surface area contributed by atoms with Gasteiger partial charge in [-0.1, -0.05) is 261 Å². The quantitative estimate of drug-likeness (QED) is 0.0146. The molecule has 0 saturated carbocycles. The Morgan fingerprint density at radius 2 is 0.505 bits per heavy atom. The molecule has 0 bridgehead atoms. The van der Waals surface area contributed by atoms with Crippen molar-refractivity contribution < 1.29 is 75.8 Å². The van der Waals surface area contributed by atoms with Crippen LogP contribution in [0.1, 0.15) is 252 Å². The number of aliphatic hydroxyl groups excluding tert-OH is 2. The summed E-state index contributed by atoms with van der Waals surface area (Å²) in [7, 11) is -9.82. The lowest BCUT2D eigenvalue weighted by Gasteiger charge is -2.21. The SMILES string of the molecule is CC/C=C\C/C=C\C/C=C\C/C=C\C/C=C\C/C=C\CCCCCCCCC(=O)OCC(O)COP(=O)(O)OCC(O)COP(=O)(O)OCC(COC(=O)CCCCCC/C=C\C/C=C\C/C=C\C/C=C\C/C=C\C/C=C\CC)OC(=O)CCCCCCC/C=C\C/C=C\C/C=C\CC. The topological polar surface area (TPSA) is 231 Å². The van der Waals surface area contributed by atoms with Gasteiger partial charge in [-0.25, -0.2) is 9.13 Å². The van der Waals surface area contributed by atoms with Crippen LogP contribution in [-0.2, 0) is 55.8 Å². The molecule has 0 aromatic rings. The van der Waals surface area contributed by atoms with E-state index in [1.54, 1.807) is 0 Å². The van der Waals surface area contributed by atoms with Gasteiger partial charge in [0.2, 0.25) is 0 Å². The lowest BCUT2D eigenvalue weighted by Crippen LogP contribution is -2.30. The first-order chi connectivity index (χ1) is 48.2. The van der Waals surface area contributed by atoms with Crippen LogP contribution in [-0.4, -0.2) is 95.9 Å². The number of allylic oxidation sites excluding steroid dienone is 30. The van der Waals surface area contributed by atoms with Crippen LogP contribution in [0.4, 0.5) is 0 Å². The lowest BCUT2D eigenvalue weighted by molar-refractivity contribution is -0.161. The minimum Gasteiger partial charge on any atom is -0.463 e. The van der Waals surface area contributed by atoms with Crippen molar-refractivity contribution in [3.8, 4) is 0 Å². The van der Waals surface area contributed by atoms with Gasteiger partial charge in [0, 0.05) is 19.3 Å². The predicted molar refractivity (Wildman–Crippen MR) is 408 cm³/mol. The fraction of sp³-hybridized carbons (Fsp3) is 0.593. The van der Waals surface area contributed by atoms with E-state index in [9.17, 15) is 43.5 Å². The van der Waals surface area contributed by atoms with Crippen LogP contribution in [0.25, 0.3) is 0 Å². The summed E-state index contributed by atoms with van der Waals surface area (Å²) < 4.78 is 61.0. The monoisotopic (exact) mass is 1420 g/mol. The molecule has 0 saturated heterocycles. The predicted octanol–water partition coefficient (Wildman–Crippen LogP) is 21.4. The highest BCUT2D eigenvalue weighted by Crippen LogP contribution is 2.45. The third kappa shape index (κ3) is 73.7. The number of carbonyl (C=O) groups is 3. The van der Waals surface area contributed by atoms with Gasteiger partial charge < -0.3 is 34.2 Å². The fourth-order valence-electron chi connectivity index (χ4n) is 9.06. The molecule has 0 heterocycles. The van der Waals surface area contributed by atoms with Crippen LogP contribution < -0.4 is 0 Å². The van der Waals surface area contributed by atoms with Gasteiger partial charge in [0.25, 0.3) is 0 Å². The second-order valence-electron chi connectivity index (χ2n) is 23.9. The first-order valence-electron chi connectivity index (χ1n) is 37.1. The Balaban J connectivity index is 4.69. The van der Waals surface area contributed by atoms with E-state index in [2.05, 4.69) is 203 Å². The lowest BCUT2D eigenvalue weighted by atomic mass is 10.1. The van der Waals surface area contributed by atoms with Crippen molar-refractivity contribution in [2.24, 2.45) is 0 Å². The summed E-state index contributed by atoms with van der Waals surface area (Å²) in [6, 6.07) is 0. The molecule has 99 heavy (non-hydrogen) atoms. The van der Waals surface area contributed by atoms with Gasteiger partial charge in [0.1, 0.15) is 25.4 Å². The van der Waals surface area contributed by atoms with Crippen LogP contribution in [0.15, 0.2) is 182 Å². The van der Waals surface area contributed by atoms with Gasteiger partial charge in [-0.2, -0.15) is 0 Å². The van der Waals surface area contributed by atoms with Gasteiger partial charge in [-0.3, -0.25) is 32.5 Å². The standard InChI is InChI=1S/C81H130O16P2/c1-4-7-10-13-16-19-22-25-28-30-32-34-36-37-39-41-42-44-47-49-52-55-58-61-64-67-79(84)91-70-76(82)71-93-98(87,88)94-72-77(83)73-95-99(89,90)96-75-78(97-81(86)69-66-63-60-57-54-51-46-27-24-21-18-15-12-9-6-3)74-92-80(85)68-65-62-59-56-53-50-48-45-43-40-38-35-33-31-29-26-23-20-17-14-11-8-5-2/h7-12,16-21,25-29,32-35,37,39-40,42-44,46,48,50,76-78,82-83H,4-6,13-15,22-24,30-31,36,38,41,45,47,49,51-75H2,1-3H3,(H,87,88)(H,89,90)/b10-7-,11-8-,12-9-,19-16-,20-17-,21-18-,28-25-,29-26-,34-32-,35-33-,39-37-,43-40-,44-42-,46-27-,50-48-. The third-order valence-electron chi connectivity index (χ3n) is 14.6. The molecule has 560 valence electrons. The van der Waals surface area contributed by atoms with E-state index in [1.165, 1.54) is 0 Å². The molecule has 0 radical (unpaired) electrons. The minimum atomic E-state index is -4.95. The van der Waals surface area contributed by atoms with E-state index >= 15 is 0 Å². The van der Waals surface area contributed by atoms with Crippen molar-refractivity contribution in [2.45, 2.75) is 270 Å². The van der Waals surface area contributed by atoms with E-state index in [4.69, 9.17) is 32.3 Å². The number of phosphoric acid groups is 2. The molecule has 0 amide bonds. The summed E-state index contributed by atoms with van der Waals surface area (Å²) >= 11 is 0. The van der Waals surface area contributed by atoms with Crippen molar-refractivity contribution in [3.05, 3.63) is 182 Å². The number of hydrogen-bond donors (Lipinski definition) is 4. The average molecular weight is 1420 g/mol. The summed E-state index contributed by atoms with van der Waals surface area (Å²) in [6.07, 6.45) is 92.2. The van der Waals surface area contributed by atoms with E-state index in [0.29, 0.717) is 19.3 Å². The van der Waals surface area contributed by atoms with Crippen molar-refractivity contribution in [1.82, 2.24) is 0 Å². The van der Waals surface area contributed by atoms with Gasteiger partial charge in [0.05, 0.1) is 26.4 Å². The largest absolute Gasteiger partial charge is 0.472 e. The number of carbonyl (C=O) groups excluding carboxylic acids is 3. The minimum absolute atomic E-state index is 0.0712. The fourth-order valence-corrected chi connectivity index (χ4v) is 10.6. The van der Waals surface area contributed by atoms with E-state index in [-0.39, 0.29) is 19.3 Å². The molecule has 0 aromatic carbocycles. The summed E-state index contributed by atoms with van der Waals surface area (Å²) in [6.45, 7) is 2.23. The average Bonchev–Trinajstić information content (AvgIpc) is 1.57. The van der Waals surface area contributed by atoms with Crippen molar-refractivity contribution in [1.29, 1.82) is 0 Å². The second kappa shape index (κ2) is 72.4. The van der Waals surface area contributed by atoms with Gasteiger partial charge in [-0.05, 0) is 154 Å². The first kappa shape index (κ1) is 93.6. The number of unbranched alkanes of at least 4 members (excludes halogenated alkanes) is 15. The van der Waals surface area contributed by atoms with Crippen LogP contribution in [0.2, 0.25) is 0 Å². The molecule has 5 unspecified atom stereocenters. The van der Waals surface area contributed by atoms with Gasteiger partial charge in [-0.15, -0.1) is 0 Å². The number of rotatable bonds is 68. The molecule has 0 spiro atoms. The third-order valence-corrected chi connectivity index (χ3v) is 16.5. The van der Waals surface area contributed by atoms with Crippen molar-refractivity contribution >= 4 is 33.6 Å². The summed E-state index contributed by atoms with van der Waals surface area (Å²) in [5, 5.41) is 20.6. The maximum Gasteiger partial charge on any atom is 0.472 e. The maximum absolute atomic E-state index is 12.9. The Labute approximate surface area is 598 Å². The van der Waals surface area contributed by atoms with Crippen LogP contribution >= 0.6 is 15.6 Å². The molecule has 5 atom stereocenters. The molecule has 0 aliphatic carbocycles. The van der Waals surface area contributed by atoms with Crippen molar-refractivity contribution in [3.63, 3.8) is 0 Å². The molecule has 0 aliphatic rings. The van der Waals surface area contributed by atoms with E-state index < -0.39 is 91.5 Å². The highest BCUT2D eigenvalue weighted by molar-refractivity contribution is 7.47. The van der Waals surface area contributed by atoms with E-state index in [1.807, 2.05) is 0 Å². The van der Waals surface area contributed by atoms with Crippen molar-refractivity contribution in [2.75, 3.05) is 39.6 Å². The van der Waals surface area contributed by atoms with Crippen LogP contribution in [0.5, 0.6) is 0 Å². The van der Waals surface area contributed by atoms with Gasteiger partial charge >= 0.3 is 33.6 Å². The summed E-state index contributed by atoms with van der Waals surface area (Å²) in [5.41, 5.74) is 0. The number of hydrogen-bond acceptors (Lipinski definition) is 14. The van der Waals surface area contributed by atoms with Crippen LogP contribution in [0.3, 0.4) is 0 Å². The number of ether oxygens (including phenoxy) is 3. The highest BCUT2D eigenvalue weighted by Gasteiger charge is 2.29. The van der Waals surface area contributed by atoms with Crippen LogP contribution in [0, 0.1) is 0 Å². The van der Waals surface area contributed by atoms with Gasteiger partial charge in [0.15, 0.2) is 6.10 Å². The first-order valence-corrected chi connectivity index (χ1v) is 40.1. The number of esters is 3. The zero-order valence-electron chi connectivity index (χ0n) is 60.8. The normalized spacial score (nSPS) is 15.1. The molecule has 0 aliphatic heterocycles. The number of aliphatic hydroxyl groups is 2. The Hall–Kier alpha value is -5.35. The zero-order chi connectivity index (χ0) is 72.3. The summed E-state index contributed by atoms with van der Waals surface area (Å²) in [4.78, 5) is 58.6. The number of phosphoric ester groups is 2. The molecule has 4 N–H and O–H groups in total. The maximum atomic E-state index is 12.9. The molecule has 0 aromatic heterocycles. The molecule has 18 heteroatoms. The molecular formula is C81H130O16P2. The molecular weight excluding hydrogens is 1290 g/mol. The second-order valence-corrected chi connectivity index (χ2v) is 26.9. The Kier molecular flexibility index (Phi) is 68.5. The summed E-state index contributed by atoms with van der Waals surface area (Å²) in [5.74, 6) is -1.65. The Morgan fingerprint density at radius 3 is 0.798 bits per heavy atom. The Morgan fingerprint density at radius 1 is 0.283 bits per heavy atom. The zero-order valence-corrected chi connectivity index (χ0v) is 62.6. The molecule has 0 fully saturated rings. The smallest absolute Gasteiger partial charge is 0.463 e. The molecule has 0 rings (SSSR count). The van der Waals surface area contributed by atoms with E-state index in [0.717, 1.165) is 193 Å². The highest BCUT2D eigenvalue weighted by atomic mass is 31.2. The Bertz CT molecular complexity index is 2530. The molecule has 16 nitrogen and oxygen atoms in total.